The van der Waals surface area contributed by atoms with E-state index in [-0.39, 0.29) is 0 Å². The summed E-state index contributed by atoms with van der Waals surface area (Å²) in [7, 11) is 0. The number of carbonyl (C=O) groups excluding carboxylic acids is 1. The minimum Gasteiger partial charge on any atom is -0.344 e. The maximum atomic E-state index is 10.6. The molecule has 0 radical (unpaired) electrons. The van der Waals surface area contributed by atoms with Crippen LogP contribution in [0.4, 0.5) is 0 Å². The lowest BCUT2D eigenvalue weighted by atomic mass is 10.3. The average molecular weight is 240 g/mol. The molecular weight excluding hydrogens is 234 g/mol. The number of carbonyl (C=O) groups is 1. The predicted molar refractivity (Wildman–Crippen MR) is 51.7 cm³/mol. The first-order chi connectivity index (χ1) is 6.22. The smallest absolute Gasteiger partial charge is 0.157 e. The lowest BCUT2D eigenvalue weighted by molar-refractivity contribution is 0.112. The third-order valence-corrected chi connectivity index (χ3v) is 2.53. The first kappa shape index (κ1) is 8.37. The number of halogens is 1. The number of aryl methyl sites for hydroxylation is 1. The Hall–Kier alpha value is -1.23. The van der Waals surface area contributed by atoms with Gasteiger partial charge < -0.3 is 4.98 Å². The molecular formula is C8H6BrN3O. The van der Waals surface area contributed by atoms with Crippen molar-refractivity contribution >= 4 is 33.4 Å². The molecule has 2 aromatic heterocycles. The quantitative estimate of drug-likeness (QED) is 0.773. The van der Waals surface area contributed by atoms with Gasteiger partial charge in [0.15, 0.2) is 11.9 Å². The van der Waals surface area contributed by atoms with E-state index in [0.717, 1.165) is 12.0 Å². The molecule has 0 saturated carbocycles. The summed E-state index contributed by atoms with van der Waals surface area (Å²) in [5, 5.41) is 0. The second-order valence-electron chi connectivity index (χ2n) is 2.66. The van der Waals surface area contributed by atoms with Crippen LogP contribution in [-0.2, 0) is 0 Å². The molecule has 0 aliphatic carbocycles. The Morgan fingerprint density at radius 2 is 2.31 bits per heavy atom. The van der Waals surface area contributed by atoms with E-state index in [1.165, 1.54) is 0 Å². The molecule has 0 aliphatic heterocycles. The van der Waals surface area contributed by atoms with Gasteiger partial charge in [-0.2, -0.15) is 0 Å². The van der Waals surface area contributed by atoms with Gasteiger partial charge in [-0.3, -0.25) is 4.79 Å². The van der Waals surface area contributed by atoms with Crippen LogP contribution in [0.2, 0.25) is 0 Å². The summed E-state index contributed by atoms with van der Waals surface area (Å²) in [6.45, 7) is 1.85. The summed E-state index contributed by atoms with van der Waals surface area (Å²) in [6.07, 6.45) is 2.36. The second-order valence-corrected chi connectivity index (χ2v) is 3.41. The van der Waals surface area contributed by atoms with Crippen LogP contribution in [0.15, 0.2) is 10.8 Å². The molecule has 0 aliphatic rings. The summed E-state index contributed by atoms with van der Waals surface area (Å²) < 4.78 is 0.669. The molecule has 1 N–H and O–H groups in total. The van der Waals surface area contributed by atoms with Gasteiger partial charge in [0.05, 0.1) is 11.3 Å². The molecule has 66 valence electrons. The van der Waals surface area contributed by atoms with Gasteiger partial charge in [0.1, 0.15) is 10.1 Å². The molecule has 0 amide bonds. The van der Waals surface area contributed by atoms with Crippen LogP contribution in [0, 0.1) is 6.92 Å². The highest BCUT2D eigenvalue weighted by Gasteiger charge is 2.07. The van der Waals surface area contributed by atoms with Gasteiger partial charge in [0.25, 0.3) is 0 Å². The van der Waals surface area contributed by atoms with Crippen LogP contribution in [0.3, 0.4) is 0 Å². The maximum Gasteiger partial charge on any atom is 0.157 e. The molecule has 0 spiro atoms. The molecule has 5 heteroatoms. The zero-order valence-corrected chi connectivity index (χ0v) is 8.42. The normalized spacial score (nSPS) is 10.6. The first-order valence-corrected chi connectivity index (χ1v) is 4.48. The fourth-order valence-electron chi connectivity index (χ4n) is 1.11. The second kappa shape index (κ2) is 2.92. The standard InChI is InChI=1S/C8H6BrN3O/c1-4-7(9)12-6-5(3-13)2-10-8(6)11-4/h2-3H,1H3,(H,10,11). The summed E-state index contributed by atoms with van der Waals surface area (Å²) in [5.41, 5.74) is 2.57. The van der Waals surface area contributed by atoms with Crippen molar-refractivity contribution in [3.63, 3.8) is 0 Å². The number of nitrogens with one attached hydrogen (secondary N) is 1. The zero-order chi connectivity index (χ0) is 9.42. The number of fused-ring (bicyclic) bond motifs is 1. The number of aromatic nitrogens is 3. The minimum absolute atomic E-state index is 0.531. The van der Waals surface area contributed by atoms with E-state index in [0.29, 0.717) is 21.3 Å². The van der Waals surface area contributed by atoms with E-state index in [9.17, 15) is 4.79 Å². The van der Waals surface area contributed by atoms with Crippen LogP contribution < -0.4 is 0 Å². The van der Waals surface area contributed by atoms with Gasteiger partial charge in [-0.05, 0) is 22.9 Å². The third kappa shape index (κ3) is 1.25. The Morgan fingerprint density at radius 1 is 1.54 bits per heavy atom. The monoisotopic (exact) mass is 239 g/mol. The molecule has 2 rings (SSSR count). The summed E-state index contributed by atoms with van der Waals surface area (Å²) in [6, 6.07) is 0. The van der Waals surface area contributed by atoms with Gasteiger partial charge in [-0.25, -0.2) is 9.97 Å². The van der Waals surface area contributed by atoms with Gasteiger partial charge in [0, 0.05) is 6.20 Å². The van der Waals surface area contributed by atoms with Crippen LogP contribution in [0.5, 0.6) is 0 Å². The number of nitrogens with zero attached hydrogens (tertiary/aromatic N) is 2. The third-order valence-electron chi connectivity index (χ3n) is 1.78. The highest BCUT2D eigenvalue weighted by atomic mass is 79.9. The lowest BCUT2D eigenvalue weighted by Crippen LogP contribution is -1.89. The van der Waals surface area contributed by atoms with Gasteiger partial charge in [0.2, 0.25) is 0 Å². The number of H-pyrrole nitrogens is 1. The lowest BCUT2D eigenvalue weighted by Gasteiger charge is -1.95. The van der Waals surface area contributed by atoms with Crippen molar-refractivity contribution in [2.75, 3.05) is 0 Å². The number of hydrogen-bond donors (Lipinski definition) is 1. The Bertz CT molecular complexity index is 477. The van der Waals surface area contributed by atoms with E-state index < -0.39 is 0 Å². The largest absolute Gasteiger partial charge is 0.344 e. The van der Waals surface area contributed by atoms with Crippen molar-refractivity contribution in [3.8, 4) is 0 Å². The average Bonchev–Trinajstić information content (AvgIpc) is 2.48. The maximum absolute atomic E-state index is 10.6. The van der Waals surface area contributed by atoms with Crippen molar-refractivity contribution in [3.05, 3.63) is 22.1 Å². The van der Waals surface area contributed by atoms with Gasteiger partial charge in [-0.1, -0.05) is 0 Å². The number of hydrogen-bond acceptors (Lipinski definition) is 3. The van der Waals surface area contributed by atoms with Crippen molar-refractivity contribution in [1.29, 1.82) is 0 Å². The Balaban J connectivity index is 2.84. The fourth-order valence-corrected chi connectivity index (χ4v) is 1.37. The molecule has 0 atom stereocenters. The Morgan fingerprint density at radius 3 is 3.00 bits per heavy atom. The topological polar surface area (TPSA) is 58.6 Å². The van der Waals surface area contributed by atoms with E-state index >= 15 is 0 Å². The van der Waals surface area contributed by atoms with Crippen molar-refractivity contribution < 1.29 is 4.79 Å². The molecule has 2 heterocycles. The molecule has 0 aromatic carbocycles. The van der Waals surface area contributed by atoms with E-state index in [1.54, 1.807) is 6.20 Å². The minimum atomic E-state index is 0.531. The molecule has 0 unspecified atom stereocenters. The number of aromatic amines is 1. The van der Waals surface area contributed by atoms with Gasteiger partial charge in [-0.15, -0.1) is 0 Å². The molecule has 0 saturated heterocycles. The Labute approximate surface area is 82.5 Å². The van der Waals surface area contributed by atoms with Crippen LogP contribution in [0.25, 0.3) is 11.2 Å². The van der Waals surface area contributed by atoms with Crippen LogP contribution in [-0.4, -0.2) is 21.2 Å². The van der Waals surface area contributed by atoms with Crippen molar-refractivity contribution in [2.45, 2.75) is 6.92 Å². The van der Waals surface area contributed by atoms with E-state index in [1.807, 2.05) is 6.92 Å². The first-order valence-electron chi connectivity index (χ1n) is 3.69. The summed E-state index contributed by atoms with van der Waals surface area (Å²) >= 11 is 3.26. The molecule has 0 fully saturated rings. The van der Waals surface area contributed by atoms with Crippen molar-refractivity contribution in [2.24, 2.45) is 0 Å². The Kier molecular flexibility index (Phi) is 1.88. The summed E-state index contributed by atoms with van der Waals surface area (Å²) in [4.78, 5) is 21.9. The molecule has 2 aromatic rings. The molecule has 0 bridgehead atoms. The number of aldehydes is 1. The van der Waals surface area contributed by atoms with E-state index in [4.69, 9.17) is 0 Å². The highest BCUT2D eigenvalue weighted by molar-refractivity contribution is 9.10. The van der Waals surface area contributed by atoms with Crippen LogP contribution in [0.1, 0.15) is 16.1 Å². The highest BCUT2D eigenvalue weighted by Crippen LogP contribution is 2.18. The zero-order valence-electron chi connectivity index (χ0n) is 6.84. The molecule has 13 heavy (non-hydrogen) atoms. The van der Waals surface area contributed by atoms with E-state index in [2.05, 4.69) is 30.9 Å². The van der Waals surface area contributed by atoms with Crippen molar-refractivity contribution in [1.82, 2.24) is 15.0 Å². The molecule has 4 nitrogen and oxygen atoms in total. The van der Waals surface area contributed by atoms with Gasteiger partial charge >= 0.3 is 0 Å². The summed E-state index contributed by atoms with van der Waals surface area (Å²) in [5.74, 6) is 0. The fraction of sp³-hybridized carbons (Fsp3) is 0.125. The number of rotatable bonds is 1. The SMILES string of the molecule is Cc1nc2[nH]cc(C=O)c2nc1Br. The van der Waals surface area contributed by atoms with Crippen LogP contribution >= 0.6 is 15.9 Å². The predicted octanol–water partition coefficient (Wildman–Crippen LogP) is 1.84.